The van der Waals surface area contributed by atoms with Crippen molar-refractivity contribution < 1.29 is 23.1 Å². The molecule has 5 rings (SSSR count). The van der Waals surface area contributed by atoms with Gasteiger partial charge in [-0.25, -0.2) is 13.1 Å². The van der Waals surface area contributed by atoms with Gasteiger partial charge in [-0.05, 0) is 97.7 Å². The summed E-state index contributed by atoms with van der Waals surface area (Å²) in [7, 11) is -3.96. The van der Waals surface area contributed by atoms with Crippen LogP contribution < -0.4 is 14.4 Å². The first kappa shape index (κ1) is 32.8. The number of hydrogen-bond acceptors (Lipinski definition) is 6. The van der Waals surface area contributed by atoms with Gasteiger partial charge in [-0.2, -0.15) is 0 Å². The van der Waals surface area contributed by atoms with Gasteiger partial charge in [-0.1, -0.05) is 63.9 Å². The second-order valence-electron chi connectivity index (χ2n) is 13.6. The van der Waals surface area contributed by atoms with Gasteiger partial charge in [0.05, 0.1) is 17.0 Å². The van der Waals surface area contributed by atoms with Gasteiger partial charge in [0.2, 0.25) is 10.0 Å². The number of nitrogens with one attached hydrogen (secondary N) is 1. The fourth-order valence-corrected chi connectivity index (χ4v) is 9.26. The molecule has 2 unspecified atom stereocenters. The number of benzene rings is 2. The number of halogens is 1. The highest BCUT2D eigenvalue weighted by Crippen LogP contribution is 2.59. The van der Waals surface area contributed by atoms with E-state index in [4.69, 9.17) is 16.3 Å². The molecule has 44 heavy (non-hydrogen) atoms. The molecule has 1 amide bonds. The van der Waals surface area contributed by atoms with Crippen molar-refractivity contribution in [3.63, 3.8) is 0 Å². The van der Waals surface area contributed by atoms with Crippen molar-refractivity contribution >= 4 is 33.2 Å². The minimum atomic E-state index is -3.96. The summed E-state index contributed by atoms with van der Waals surface area (Å²) in [5, 5.41) is 11.5. The topological polar surface area (TPSA) is 95.9 Å². The molecule has 240 valence electrons. The Morgan fingerprint density at radius 1 is 1.11 bits per heavy atom. The third kappa shape index (κ3) is 6.54. The van der Waals surface area contributed by atoms with Gasteiger partial charge in [0.25, 0.3) is 5.91 Å². The van der Waals surface area contributed by atoms with E-state index in [0.717, 1.165) is 49.9 Å². The molecule has 2 aromatic carbocycles. The van der Waals surface area contributed by atoms with Crippen molar-refractivity contribution in [2.24, 2.45) is 16.7 Å². The number of aliphatic hydroxyl groups is 1. The van der Waals surface area contributed by atoms with Gasteiger partial charge >= 0.3 is 0 Å². The van der Waals surface area contributed by atoms with Gasteiger partial charge < -0.3 is 14.7 Å². The van der Waals surface area contributed by atoms with Gasteiger partial charge in [0.1, 0.15) is 12.4 Å². The van der Waals surface area contributed by atoms with E-state index in [1.54, 1.807) is 18.2 Å². The minimum absolute atomic E-state index is 0.195. The van der Waals surface area contributed by atoms with Gasteiger partial charge in [-0.15, -0.1) is 0 Å². The van der Waals surface area contributed by atoms with Crippen molar-refractivity contribution in [1.29, 1.82) is 0 Å². The third-order valence-corrected chi connectivity index (χ3v) is 12.9. The lowest BCUT2D eigenvalue weighted by Gasteiger charge is -2.59. The van der Waals surface area contributed by atoms with E-state index in [0.29, 0.717) is 43.2 Å². The molecule has 5 atom stereocenters. The molecule has 2 heterocycles. The average molecular weight is 643 g/mol. The highest BCUT2D eigenvalue weighted by Gasteiger charge is 2.56. The standard InChI is InChI=1S/C35H47ClN2O5S/c1-5-9-31-24(2)10-8-12-32(39)35(4)18-17-34(35,3)23-38-19-7-6-11-25-20-28(36)15-13-27(25)22-43-30-16-14-26(21-29(30)38)33(40)37-44(31,41)42/h8,12-16,20-21,24,31-32,39H,5-7,9-11,17-19,22-23H2,1-4H3,(H,37,40)/b12-8+/t24-,31-,32+,34?,35?/m1/s1. The van der Waals surface area contributed by atoms with E-state index in [2.05, 4.69) is 23.5 Å². The van der Waals surface area contributed by atoms with E-state index < -0.39 is 27.3 Å². The maximum atomic E-state index is 13.6. The van der Waals surface area contributed by atoms with Crippen molar-refractivity contribution in [2.45, 2.75) is 97.0 Å². The first-order valence-corrected chi connectivity index (χ1v) is 18.0. The first-order chi connectivity index (χ1) is 20.9. The summed E-state index contributed by atoms with van der Waals surface area (Å²) in [6.45, 7) is 10.0. The Balaban J connectivity index is 1.60. The largest absolute Gasteiger partial charge is 0.487 e. The van der Waals surface area contributed by atoms with Crippen LogP contribution >= 0.6 is 11.6 Å². The van der Waals surface area contributed by atoms with Crippen LogP contribution in [0.4, 0.5) is 5.69 Å². The van der Waals surface area contributed by atoms with Crippen LogP contribution in [0, 0.1) is 16.7 Å². The van der Waals surface area contributed by atoms with Crippen LogP contribution in [0.1, 0.15) is 94.1 Å². The molecule has 2 bridgehead atoms. The molecular formula is C35H47ClN2O5S. The number of amides is 1. The molecular weight excluding hydrogens is 596 g/mol. The Labute approximate surface area is 268 Å². The summed E-state index contributed by atoms with van der Waals surface area (Å²) < 4.78 is 36.0. The van der Waals surface area contributed by atoms with Crippen LogP contribution in [0.15, 0.2) is 48.6 Å². The number of rotatable bonds is 2. The lowest BCUT2D eigenvalue weighted by Crippen LogP contribution is -2.59. The molecule has 1 aliphatic carbocycles. The van der Waals surface area contributed by atoms with E-state index in [9.17, 15) is 18.3 Å². The Hall–Kier alpha value is -2.55. The zero-order valence-corrected chi connectivity index (χ0v) is 28.0. The lowest BCUT2D eigenvalue weighted by molar-refractivity contribution is -0.114. The quantitative estimate of drug-likeness (QED) is 0.341. The molecule has 1 fully saturated rings. The second-order valence-corrected chi connectivity index (χ2v) is 16.0. The van der Waals surface area contributed by atoms with Crippen LogP contribution in [-0.2, 0) is 23.1 Å². The summed E-state index contributed by atoms with van der Waals surface area (Å²) in [5.41, 5.74) is 2.73. The van der Waals surface area contributed by atoms with Gasteiger partial charge in [0.15, 0.2) is 0 Å². The maximum Gasteiger partial charge on any atom is 0.264 e. The number of aryl methyl sites for hydroxylation is 1. The molecule has 2 N–H and O–H groups in total. The summed E-state index contributed by atoms with van der Waals surface area (Å²) >= 11 is 6.34. The number of sulfonamides is 1. The normalized spacial score (nSPS) is 31.6. The fraction of sp³-hybridized carbons (Fsp3) is 0.571. The summed E-state index contributed by atoms with van der Waals surface area (Å²) in [6.07, 6.45) is 9.34. The SMILES string of the molecule is CCC[C@@H]1[C@H](C)C/C=C/[C@H](O)C2(C)CCC2(C)CN2CCCCc3cc(Cl)ccc3COc3ccc(cc32)C(=O)NS1(=O)=O. The predicted molar refractivity (Wildman–Crippen MR) is 177 cm³/mol. The molecule has 0 aromatic heterocycles. The average Bonchev–Trinajstić information content (AvgIpc) is 3.01. The number of carbonyl (C=O) groups excluding carboxylic acids is 1. The number of fused-ring (bicyclic) bond motifs is 3. The van der Waals surface area contributed by atoms with Crippen molar-refractivity contribution in [3.05, 3.63) is 70.3 Å². The lowest BCUT2D eigenvalue weighted by atomic mass is 9.48. The number of anilines is 1. The maximum absolute atomic E-state index is 13.6. The van der Waals surface area contributed by atoms with Crippen LogP contribution in [0.5, 0.6) is 5.75 Å². The molecule has 2 aliphatic heterocycles. The van der Waals surface area contributed by atoms with Gasteiger partial charge in [-0.3, -0.25) is 4.79 Å². The second kappa shape index (κ2) is 13.1. The molecule has 3 aliphatic rings. The number of allylic oxidation sites excluding steroid dienone is 1. The molecule has 0 saturated heterocycles. The van der Waals surface area contributed by atoms with Crippen molar-refractivity contribution in [1.82, 2.24) is 4.72 Å². The fourth-order valence-electron chi connectivity index (χ4n) is 7.27. The van der Waals surface area contributed by atoms with E-state index in [1.807, 2.05) is 44.2 Å². The highest BCUT2D eigenvalue weighted by atomic mass is 35.5. The molecule has 9 heteroatoms. The zero-order valence-electron chi connectivity index (χ0n) is 26.4. The summed E-state index contributed by atoms with van der Waals surface area (Å²) in [4.78, 5) is 15.9. The monoisotopic (exact) mass is 642 g/mol. The third-order valence-electron chi connectivity index (χ3n) is 10.7. The number of carbonyl (C=O) groups is 1. The van der Waals surface area contributed by atoms with Crippen LogP contribution in [0.25, 0.3) is 0 Å². The Morgan fingerprint density at radius 2 is 1.91 bits per heavy atom. The zero-order chi connectivity index (χ0) is 31.7. The van der Waals surface area contributed by atoms with Crippen molar-refractivity contribution in [3.8, 4) is 5.75 Å². The number of ether oxygens (including phenoxy) is 1. The van der Waals surface area contributed by atoms with Crippen molar-refractivity contribution in [2.75, 3.05) is 18.0 Å². The molecule has 0 radical (unpaired) electrons. The molecule has 1 saturated carbocycles. The molecule has 0 spiro atoms. The van der Waals surface area contributed by atoms with E-state index in [1.165, 1.54) is 5.56 Å². The number of nitrogens with zero attached hydrogens (tertiary/aromatic N) is 1. The number of hydrogen-bond donors (Lipinski definition) is 2. The Morgan fingerprint density at radius 3 is 2.64 bits per heavy atom. The highest BCUT2D eigenvalue weighted by molar-refractivity contribution is 7.90. The predicted octanol–water partition coefficient (Wildman–Crippen LogP) is 7.05. The summed E-state index contributed by atoms with van der Waals surface area (Å²) in [5.74, 6) is -0.227. The Bertz CT molecular complexity index is 1510. The van der Waals surface area contributed by atoms with Crippen LogP contribution in [-0.4, -0.2) is 43.9 Å². The molecule has 7 nitrogen and oxygen atoms in total. The molecule has 2 aromatic rings. The summed E-state index contributed by atoms with van der Waals surface area (Å²) in [6, 6.07) is 11.1. The van der Waals surface area contributed by atoms with E-state index >= 15 is 0 Å². The van der Waals surface area contributed by atoms with Crippen LogP contribution in [0.2, 0.25) is 5.02 Å². The van der Waals surface area contributed by atoms with Crippen LogP contribution in [0.3, 0.4) is 0 Å². The van der Waals surface area contributed by atoms with Gasteiger partial charge in [0, 0.05) is 29.1 Å². The minimum Gasteiger partial charge on any atom is -0.487 e. The van der Waals surface area contributed by atoms with E-state index in [-0.39, 0.29) is 22.3 Å². The first-order valence-electron chi connectivity index (χ1n) is 16.1. The number of aliphatic hydroxyl groups excluding tert-OH is 1. The smallest absolute Gasteiger partial charge is 0.264 e. The Kier molecular flexibility index (Phi) is 9.74.